The molecule has 84 valence electrons. The SMILES string of the molecule is C=Cc1ccc(N2CCc3ccccc32)nc1. The van der Waals surface area contributed by atoms with Crippen molar-refractivity contribution in [3.8, 4) is 0 Å². The Labute approximate surface area is 101 Å². The van der Waals surface area contributed by atoms with E-state index in [0.29, 0.717) is 0 Å². The van der Waals surface area contributed by atoms with Gasteiger partial charge in [-0.15, -0.1) is 0 Å². The van der Waals surface area contributed by atoms with Gasteiger partial charge in [0.2, 0.25) is 0 Å². The molecule has 0 radical (unpaired) electrons. The average Bonchev–Trinajstić information content (AvgIpc) is 2.83. The monoisotopic (exact) mass is 222 g/mol. The molecular formula is C15H14N2. The van der Waals surface area contributed by atoms with Crippen molar-refractivity contribution >= 4 is 17.6 Å². The second-order valence-electron chi connectivity index (χ2n) is 4.18. The summed E-state index contributed by atoms with van der Waals surface area (Å²) >= 11 is 0. The molecule has 0 saturated carbocycles. The van der Waals surface area contributed by atoms with E-state index in [1.54, 1.807) is 0 Å². The summed E-state index contributed by atoms with van der Waals surface area (Å²) in [5, 5.41) is 0. The molecule has 2 nitrogen and oxygen atoms in total. The van der Waals surface area contributed by atoms with Crippen molar-refractivity contribution in [2.24, 2.45) is 0 Å². The van der Waals surface area contributed by atoms with Crippen LogP contribution in [0.1, 0.15) is 11.1 Å². The van der Waals surface area contributed by atoms with E-state index < -0.39 is 0 Å². The number of nitrogens with zero attached hydrogens (tertiary/aromatic N) is 2. The first-order valence-corrected chi connectivity index (χ1v) is 5.82. The van der Waals surface area contributed by atoms with Crippen LogP contribution in [0.3, 0.4) is 0 Å². The summed E-state index contributed by atoms with van der Waals surface area (Å²) in [7, 11) is 0. The minimum Gasteiger partial charge on any atom is -0.326 e. The fourth-order valence-electron chi connectivity index (χ4n) is 2.25. The number of hydrogen-bond acceptors (Lipinski definition) is 2. The van der Waals surface area contributed by atoms with Crippen molar-refractivity contribution in [1.29, 1.82) is 0 Å². The van der Waals surface area contributed by atoms with Crippen LogP contribution in [0, 0.1) is 0 Å². The molecule has 0 saturated heterocycles. The third-order valence-electron chi connectivity index (χ3n) is 3.17. The molecule has 2 aromatic rings. The van der Waals surface area contributed by atoms with Crippen LogP contribution in [0.5, 0.6) is 0 Å². The Morgan fingerprint density at radius 3 is 2.82 bits per heavy atom. The van der Waals surface area contributed by atoms with Gasteiger partial charge in [-0.1, -0.05) is 30.9 Å². The molecule has 0 aliphatic carbocycles. The molecule has 2 heterocycles. The summed E-state index contributed by atoms with van der Waals surface area (Å²) in [6, 6.07) is 12.6. The summed E-state index contributed by atoms with van der Waals surface area (Å²) in [5.41, 5.74) is 3.75. The maximum absolute atomic E-state index is 4.49. The first-order valence-electron chi connectivity index (χ1n) is 5.82. The maximum atomic E-state index is 4.49. The normalized spacial score (nSPS) is 13.5. The van der Waals surface area contributed by atoms with Gasteiger partial charge < -0.3 is 4.90 Å². The zero-order valence-corrected chi connectivity index (χ0v) is 9.63. The van der Waals surface area contributed by atoms with Gasteiger partial charge in [0.15, 0.2) is 0 Å². The Balaban J connectivity index is 1.98. The highest BCUT2D eigenvalue weighted by Crippen LogP contribution is 2.32. The Hall–Kier alpha value is -2.09. The van der Waals surface area contributed by atoms with Gasteiger partial charge in [0, 0.05) is 18.4 Å². The Morgan fingerprint density at radius 1 is 1.18 bits per heavy atom. The second-order valence-corrected chi connectivity index (χ2v) is 4.18. The predicted octanol–water partition coefficient (Wildman–Crippen LogP) is 3.42. The van der Waals surface area contributed by atoms with E-state index in [1.165, 1.54) is 11.3 Å². The van der Waals surface area contributed by atoms with Gasteiger partial charge in [-0.2, -0.15) is 0 Å². The van der Waals surface area contributed by atoms with Gasteiger partial charge in [-0.3, -0.25) is 0 Å². The minimum atomic E-state index is 1.01. The Kier molecular flexibility index (Phi) is 2.41. The fourth-order valence-corrected chi connectivity index (χ4v) is 2.25. The van der Waals surface area contributed by atoms with Crippen LogP contribution in [0.4, 0.5) is 11.5 Å². The van der Waals surface area contributed by atoms with Crippen molar-refractivity contribution in [3.63, 3.8) is 0 Å². The fraction of sp³-hybridized carbons (Fsp3) is 0.133. The van der Waals surface area contributed by atoms with Crippen molar-refractivity contribution in [1.82, 2.24) is 4.98 Å². The lowest BCUT2D eigenvalue weighted by molar-refractivity contribution is 0.974. The van der Waals surface area contributed by atoms with Crippen LogP contribution in [-0.4, -0.2) is 11.5 Å². The van der Waals surface area contributed by atoms with Crippen molar-refractivity contribution in [2.75, 3.05) is 11.4 Å². The molecule has 0 unspecified atom stereocenters. The van der Waals surface area contributed by atoms with Crippen molar-refractivity contribution in [2.45, 2.75) is 6.42 Å². The zero-order chi connectivity index (χ0) is 11.7. The first-order chi connectivity index (χ1) is 8.38. The van der Waals surface area contributed by atoms with Crippen LogP contribution in [-0.2, 0) is 6.42 Å². The van der Waals surface area contributed by atoms with Crippen LogP contribution >= 0.6 is 0 Å². The molecule has 0 bridgehead atoms. The summed E-state index contributed by atoms with van der Waals surface area (Å²) in [6.07, 6.45) is 4.78. The number of fused-ring (bicyclic) bond motifs is 1. The molecule has 1 aromatic heterocycles. The van der Waals surface area contributed by atoms with Gasteiger partial charge in [-0.25, -0.2) is 4.98 Å². The second kappa shape index (κ2) is 4.06. The average molecular weight is 222 g/mol. The van der Waals surface area contributed by atoms with E-state index in [-0.39, 0.29) is 0 Å². The number of aromatic nitrogens is 1. The molecule has 3 rings (SSSR count). The number of hydrogen-bond donors (Lipinski definition) is 0. The molecular weight excluding hydrogens is 208 g/mol. The highest BCUT2D eigenvalue weighted by molar-refractivity contribution is 5.67. The first kappa shape index (κ1) is 10.1. The minimum absolute atomic E-state index is 1.01. The highest BCUT2D eigenvalue weighted by atomic mass is 15.2. The maximum Gasteiger partial charge on any atom is 0.132 e. The molecule has 17 heavy (non-hydrogen) atoms. The van der Waals surface area contributed by atoms with E-state index >= 15 is 0 Å². The smallest absolute Gasteiger partial charge is 0.132 e. The predicted molar refractivity (Wildman–Crippen MR) is 71.5 cm³/mol. The Morgan fingerprint density at radius 2 is 2.06 bits per heavy atom. The lowest BCUT2D eigenvalue weighted by atomic mass is 10.2. The van der Waals surface area contributed by atoms with Crippen molar-refractivity contribution in [3.05, 3.63) is 60.3 Å². The molecule has 1 aliphatic heterocycles. The van der Waals surface area contributed by atoms with E-state index in [4.69, 9.17) is 0 Å². The van der Waals surface area contributed by atoms with Gasteiger partial charge in [-0.05, 0) is 35.7 Å². The number of benzene rings is 1. The van der Waals surface area contributed by atoms with Crippen LogP contribution in [0.15, 0.2) is 49.2 Å². The summed E-state index contributed by atoms with van der Waals surface area (Å²) in [6.45, 7) is 4.75. The molecule has 1 aromatic carbocycles. The quantitative estimate of drug-likeness (QED) is 0.774. The molecule has 0 amide bonds. The molecule has 0 spiro atoms. The molecule has 2 heteroatoms. The summed E-state index contributed by atoms with van der Waals surface area (Å²) in [5.74, 6) is 1.01. The third kappa shape index (κ3) is 1.72. The standard InChI is InChI=1S/C15H14N2/c1-2-12-7-8-15(16-11-12)17-10-9-13-5-3-4-6-14(13)17/h2-8,11H,1,9-10H2. The summed E-state index contributed by atoms with van der Waals surface area (Å²) in [4.78, 5) is 6.75. The van der Waals surface area contributed by atoms with Gasteiger partial charge >= 0.3 is 0 Å². The van der Waals surface area contributed by atoms with E-state index in [1.807, 2.05) is 12.3 Å². The van der Waals surface area contributed by atoms with Crippen molar-refractivity contribution < 1.29 is 0 Å². The number of rotatable bonds is 2. The number of para-hydroxylation sites is 1. The number of anilines is 2. The van der Waals surface area contributed by atoms with Gasteiger partial charge in [0.1, 0.15) is 5.82 Å². The third-order valence-corrected chi connectivity index (χ3v) is 3.17. The van der Waals surface area contributed by atoms with Crippen LogP contribution in [0.2, 0.25) is 0 Å². The topological polar surface area (TPSA) is 16.1 Å². The van der Waals surface area contributed by atoms with Crippen LogP contribution in [0.25, 0.3) is 6.08 Å². The van der Waals surface area contributed by atoms with Gasteiger partial charge in [0.25, 0.3) is 0 Å². The van der Waals surface area contributed by atoms with Crippen LogP contribution < -0.4 is 4.90 Å². The van der Waals surface area contributed by atoms with E-state index in [2.05, 4.69) is 52.9 Å². The molecule has 0 atom stereocenters. The molecule has 0 N–H and O–H groups in total. The highest BCUT2D eigenvalue weighted by Gasteiger charge is 2.20. The summed E-state index contributed by atoms with van der Waals surface area (Å²) < 4.78 is 0. The van der Waals surface area contributed by atoms with Gasteiger partial charge in [0.05, 0.1) is 0 Å². The Bertz CT molecular complexity index is 543. The van der Waals surface area contributed by atoms with E-state index in [9.17, 15) is 0 Å². The number of pyridine rings is 1. The lowest BCUT2D eigenvalue weighted by Gasteiger charge is -2.18. The lowest BCUT2D eigenvalue weighted by Crippen LogP contribution is -2.14. The molecule has 1 aliphatic rings. The van der Waals surface area contributed by atoms with E-state index in [0.717, 1.165) is 24.3 Å². The zero-order valence-electron chi connectivity index (χ0n) is 9.63. The molecule has 0 fully saturated rings. The largest absolute Gasteiger partial charge is 0.326 e.